The number of fused-ring (bicyclic) bond motifs is 2. The Labute approximate surface area is 190 Å². The number of rotatable bonds is 9. The predicted molar refractivity (Wildman–Crippen MR) is 125 cm³/mol. The van der Waals surface area contributed by atoms with Crippen molar-refractivity contribution in [1.82, 2.24) is 15.0 Å². The zero-order chi connectivity index (χ0) is 22.7. The minimum Gasteiger partial charge on any atom is -0.490 e. The molecule has 0 unspecified atom stereocenters. The monoisotopic (exact) mass is 454 g/mol. The summed E-state index contributed by atoms with van der Waals surface area (Å²) < 4.78 is 31.7. The topological polar surface area (TPSA) is 66.4 Å². The molecule has 2 heterocycles. The SMILES string of the molecule is COc1cnc2c(-c3nc4cc(F)c(OC[CH]COCC(C)C)cc4s3)cc(C)cc2n1. The molecule has 32 heavy (non-hydrogen) atoms. The normalized spacial score (nSPS) is 11.6. The van der Waals surface area contributed by atoms with Crippen LogP contribution in [0.2, 0.25) is 0 Å². The van der Waals surface area contributed by atoms with Gasteiger partial charge in [0.1, 0.15) is 5.01 Å². The van der Waals surface area contributed by atoms with Gasteiger partial charge in [0, 0.05) is 30.7 Å². The Hall–Kier alpha value is -2.84. The van der Waals surface area contributed by atoms with Gasteiger partial charge in [-0.1, -0.05) is 13.8 Å². The molecular formula is C24H25FN3O3S. The number of nitrogens with zero attached hydrogens (tertiary/aromatic N) is 3. The maximum Gasteiger partial charge on any atom is 0.232 e. The lowest BCUT2D eigenvalue weighted by molar-refractivity contribution is 0.121. The fraction of sp³-hybridized carbons (Fsp3) is 0.333. The zero-order valence-corrected chi connectivity index (χ0v) is 19.3. The summed E-state index contributed by atoms with van der Waals surface area (Å²) in [5, 5.41) is 0.748. The lowest BCUT2D eigenvalue weighted by Gasteiger charge is -2.08. The van der Waals surface area contributed by atoms with Crippen LogP contribution in [0.3, 0.4) is 0 Å². The molecule has 0 atom stereocenters. The summed E-state index contributed by atoms with van der Waals surface area (Å²) in [6, 6.07) is 7.07. The highest BCUT2D eigenvalue weighted by molar-refractivity contribution is 7.21. The number of thiazole rings is 1. The van der Waals surface area contributed by atoms with Crippen molar-refractivity contribution in [3.63, 3.8) is 0 Å². The molecule has 2 aromatic carbocycles. The molecule has 0 saturated heterocycles. The first-order valence-electron chi connectivity index (χ1n) is 10.4. The quantitative estimate of drug-likeness (QED) is 0.306. The second-order valence-electron chi connectivity index (χ2n) is 7.89. The number of ether oxygens (including phenoxy) is 3. The van der Waals surface area contributed by atoms with Crippen LogP contribution in [-0.4, -0.2) is 41.9 Å². The van der Waals surface area contributed by atoms with Crippen LogP contribution >= 0.6 is 11.3 Å². The second kappa shape index (κ2) is 9.75. The fourth-order valence-corrected chi connectivity index (χ4v) is 4.24. The molecule has 0 spiro atoms. The van der Waals surface area contributed by atoms with Crippen LogP contribution in [0.25, 0.3) is 31.8 Å². The number of hydrogen-bond acceptors (Lipinski definition) is 7. The van der Waals surface area contributed by atoms with E-state index in [2.05, 4.69) is 28.8 Å². The number of hydrogen-bond donors (Lipinski definition) is 0. The van der Waals surface area contributed by atoms with E-state index in [-0.39, 0.29) is 12.4 Å². The predicted octanol–water partition coefficient (Wildman–Crippen LogP) is 5.62. The van der Waals surface area contributed by atoms with E-state index >= 15 is 0 Å². The lowest BCUT2D eigenvalue weighted by Crippen LogP contribution is -2.08. The van der Waals surface area contributed by atoms with Gasteiger partial charge in [0.15, 0.2) is 11.6 Å². The number of halogens is 1. The molecule has 2 aromatic heterocycles. The van der Waals surface area contributed by atoms with Crippen LogP contribution in [0, 0.1) is 25.1 Å². The molecule has 167 valence electrons. The van der Waals surface area contributed by atoms with Crippen LogP contribution in [0.15, 0.2) is 30.5 Å². The van der Waals surface area contributed by atoms with Crippen molar-refractivity contribution in [3.8, 4) is 22.2 Å². The highest BCUT2D eigenvalue weighted by Crippen LogP contribution is 2.37. The molecule has 4 rings (SSSR count). The highest BCUT2D eigenvalue weighted by Gasteiger charge is 2.16. The Balaban J connectivity index is 1.58. The maximum atomic E-state index is 14.6. The summed E-state index contributed by atoms with van der Waals surface area (Å²) in [6.45, 7) is 7.60. The van der Waals surface area contributed by atoms with Crippen molar-refractivity contribution in [1.29, 1.82) is 0 Å². The summed E-state index contributed by atoms with van der Waals surface area (Å²) in [4.78, 5) is 13.7. The number of benzene rings is 2. The van der Waals surface area contributed by atoms with Crippen molar-refractivity contribution < 1.29 is 18.6 Å². The van der Waals surface area contributed by atoms with E-state index in [4.69, 9.17) is 14.2 Å². The average molecular weight is 455 g/mol. The Bertz CT molecular complexity index is 1240. The summed E-state index contributed by atoms with van der Waals surface area (Å²) in [5.74, 6) is 0.688. The molecule has 0 amide bonds. The van der Waals surface area contributed by atoms with Gasteiger partial charge in [0.2, 0.25) is 5.88 Å². The maximum absolute atomic E-state index is 14.6. The van der Waals surface area contributed by atoms with E-state index < -0.39 is 5.82 Å². The molecule has 6 nitrogen and oxygen atoms in total. The van der Waals surface area contributed by atoms with E-state index in [1.54, 1.807) is 19.4 Å². The van der Waals surface area contributed by atoms with Gasteiger partial charge in [-0.25, -0.2) is 19.3 Å². The van der Waals surface area contributed by atoms with E-state index in [9.17, 15) is 4.39 Å². The second-order valence-corrected chi connectivity index (χ2v) is 8.92. The van der Waals surface area contributed by atoms with Gasteiger partial charge in [-0.15, -0.1) is 11.3 Å². The van der Waals surface area contributed by atoms with Crippen molar-refractivity contribution in [2.45, 2.75) is 20.8 Å². The number of aryl methyl sites for hydroxylation is 1. The molecule has 4 aromatic rings. The molecule has 0 bridgehead atoms. The van der Waals surface area contributed by atoms with Gasteiger partial charge >= 0.3 is 0 Å². The first-order chi connectivity index (χ1) is 15.4. The first kappa shape index (κ1) is 22.4. The van der Waals surface area contributed by atoms with Crippen LogP contribution in [0.4, 0.5) is 4.39 Å². The third-order valence-corrected chi connectivity index (χ3v) is 5.75. The van der Waals surface area contributed by atoms with Crippen LogP contribution in [-0.2, 0) is 4.74 Å². The van der Waals surface area contributed by atoms with Gasteiger partial charge in [0.05, 0.1) is 47.8 Å². The fourth-order valence-electron chi connectivity index (χ4n) is 3.25. The zero-order valence-electron chi connectivity index (χ0n) is 18.5. The average Bonchev–Trinajstić information content (AvgIpc) is 3.17. The summed E-state index contributed by atoms with van der Waals surface area (Å²) >= 11 is 1.47. The number of aromatic nitrogens is 3. The van der Waals surface area contributed by atoms with Crippen molar-refractivity contribution in [2.75, 3.05) is 26.9 Å². The minimum absolute atomic E-state index is 0.200. The molecule has 0 aliphatic heterocycles. The minimum atomic E-state index is -0.440. The summed E-state index contributed by atoms with van der Waals surface area (Å²) in [7, 11) is 1.56. The third kappa shape index (κ3) is 4.97. The molecule has 0 aliphatic carbocycles. The Morgan fingerprint density at radius 3 is 2.72 bits per heavy atom. The summed E-state index contributed by atoms with van der Waals surface area (Å²) in [6.07, 6.45) is 3.43. The van der Waals surface area contributed by atoms with Gasteiger partial charge in [0.25, 0.3) is 0 Å². The van der Waals surface area contributed by atoms with Crippen LogP contribution in [0.5, 0.6) is 11.6 Å². The summed E-state index contributed by atoms with van der Waals surface area (Å²) in [5.41, 5.74) is 3.91. The molecular weight excluding hydrogens is 429 g/mol. The molecule has 8 heteroatoms. The largest absolute Gasteiger partial charge is 0.490 e. The van der Waals surface area contributed by atoms with Gasteiger partial charge in [-0.05, 0) is 30.5 Å². The van der Waals surface area contributed by atoms with Gasteiger partial charge in [-0.2, -0.15) is 0 Å². The Kier molecular flexibility index (Phi) is 6.81. The van der Waals surface area contributed by atoms with E-state index in [0.29, 0.717) is 30.5 Å². The van der Waals surface area contributed by atoms with E-state index in [0.717, 1.165) is 31.9 Å². The lowest BCUT2D eigenvalue weighted by atomic mass is 10.1. The van der Waals surface area contributed by atoms with Crippen molar-refractivity contribution in [3.05, 3.63) is 48.3 Å². The third-order valence-electron chi connectivity index (χ3n) is 4.69. The number of methoxy groups -OCH3 is 1. The van der Waals surface area contributed by atoms with Gasteiger partial charge < -0.3 is 14.2 Å². The molecule has 0 fully saturated rings. The standard InChI is InChI=1S/C24H25FN3O3S/c1-14(2)13-30-6-5-7-31-20-11-21-18(10-17(20)25)28-24(32-21)16-8-15(3)9-19-23(16)26-12-22(27-19)29-4/h5,8-12,14H,6-7,13H2,1-4H3. The van der Waals surface area contributed by atoms with Crippen molar-refractivity contribution >= 4 is 32.6 Å². The first-order valence-corrected chi connectivity index (χ1v) is 11.2. The Morgan fingerprint density at radius 1 is 1.09 bits per heavy atom. The molecule has 0 aliphatic rings. The van der Waals surface area contributed by atoms with E-state index in [1.165, 1.54) is 17.4 Å². The smallest absolute Gasteiger partial charge is 0.232 e. The molecule has 0 N–H and O–H groups in total. The Morgan fingerprint density at radius 2 is 1.94 bits per heavy atom. The van der Waals surface area contributed by atoms with E-state index in [1.807, 2.05) is 25.5 Å². The molecule has 0 saturated carbocycles. The van der Waals surface area contributed by atoms with Gasteiger partial charge in [-0.3, -0.25) is 0 Å². The molecule has 1 radical (unpaired) electrons. The highest BCUT2D eigenvalue weighted by atomic mass is 32.1. The van der Waals surface area contributed by atoms with Crippen LogP contribution in [0.1, 0.15) is 19.4 Å². The van der Waals surface area contributed by atoms with Crippen LogP contribution < -0.4 is 9.47 Å². The van der Waals surface area contributed by atoms with Crippen molar-refractivity contribution in [2.24, 2.45) is 5.92 Å².